The van der Waals surface area contributed by atoms with Crippen LogP contribution in [0.4, 0.5) is 0 Å². The van der Waals surface area contributed by atoms with Gasteiger partial charge in [-0.05, 0) is 51.6 Å². The van der Waals surface area contributed by atoms with Crippen LogP contribution < -0.4 is 5.32 Å². The molecule has 0 spiro atoms. The van der Waals surface area contributed by atoms with E-state index in [0.29, 0.717) is 5.54 Å². The summed E-state index contributed by atoms with van der Waals surface area (Å²) in [4.78, 5) is 2.44. The highest BCUT2D eigenvalue weighted by Gasteiger charge is 2.50. The van der Waals surface area contributed by atoms with Gasteiger partial charge in [-0.2, -0.15) is 0 Å². The van der Waals surface area contributed by atoms with Crippen molar-refractivity contribution in [2.75, 3.05) is 20.1 Å². The lowest BCUT2D eigenvalue weighted by molar-refractivity contribution is 0.170. The van der Waals surface area contributed by atoms with Crippen LogP contribution >= 0.6 is 0 Å². The normalized spacial score (nSPS) is 49.6. The van der Waals surface area contributed by atoms with Crippen molar-refractivity contribution >= 4 is 0 Å². The van der Waals surface area contributed by atoms with E-state index < -0.39 is 0 Å². The highest BCUT2D eigenvalue weighted by atomic mass is 15.2. The van der Waals surface area contributed by atoms with E-state index in [1.807, 2.05) is 0 Å². The van der Waals surface area contributed by atoms with Crippen LogP contribution in [0.5, 0.6) is 0 Å². The first-order chi connectivity index (χ1) is 6.26. The van der Waals surface area contributed by atoms with Crippen molar-refractivity contribution < 1.29 is 0 Å². The van der Waals surface area contributed by atoms with Crippen molar-refractivity contribution in [2.24, 2.45) is 5.92 Å². The quantitative estimate of drug-likeness (QED) is 0.687. The van der Waals surface area contributed by atoms with Gasteiger partial charge in [0.05, 0.1) is 0 Å². The average Bonchev–Trinajstić information content (AvgIpc) is 2.65. The first kappa shape index (κ1) is 8.25. The van der Waals surface area contributed by atoms with Crippen LogP contribution in [0.2, 0.25) is 0 Å². The molecule has 0 radical (unpaired) electrons. The third-order valence-corrected chi connectivity index (χ3v) is 4.29. The molecule has 1 heterocycles. The molecule has 1 aliphatic heterocycles. The maximum atomic E-state index is 3.91. The highest BCUT2D eigenvalue weighted by Crippen LogP contribution is 2.52. The summed E-state index contributed by atoms with van der Waals surface area (Å²) >= 11 is 0. The Morgan fingerprint density at radius 2 is 2.15 bits per heavy atom. The zero-order valence-electron chi connectivity index (χ0n) is 8.55. The second-order valence-electron chi connectivity index (χ2n) is 5.49. The molecule has 0 aromatic rings. The van der Waals surface area contributed by atoms with E-state index in [2.05, 4.69) is 17.3 Å². The maximum Gasteiger partial charge on any atom is 0.0212 e. The Morgan fingerprint density at radius 1 is 1.31 bits per heavy atom. The molecule has 2 bridgehead atoms. The molecule has 1 N–H and O–H groups in total. The van der Waals surface area contributed by atoms with Crippen LogP contribution in [0.15, 0.2) is 0 Å². The van der Waals surface area contributed by atoms with E-state index in [-0.39, 0.29) is 0 Å². The fraction of sp³-hybridized carbons (Fsp3) is 1.00. The van der Waals surface area contributed by atoms with Crippen LogP contribution in [0, 0.1) is 5.92 Å². The Kier molecular flexibility index (Phi) is 1.72. The molecule has 4 fully saturated rings. The molecule has 4 aliphatic rings. The molecule has 13 heavy (non-hydrogen) atoms. The number of likely N-dealkylation sites (N-methyl/N-ethyl adjacent to an activating group) is 1. The summed E-state index contributed by atoms with van der Waals surface area (Å²) in [7, 11) is 2.23. The number of nitrogens with one attached hydrogen (secondary N) is 1. The summed E-state index contributed by atoms with van der Waals surface area (Å²) in [6.07, 6.45) is 7.27. The Bertz CT molecular complexity index is 203. The summed E-state index contributed by atoms with van der Waals surface area (Å²) in [6, 6.07) is 0.795. The van der Waals surface area contributed by atoms with Gasteiger partial charge >= 0.3 is 0 Å². The molecule has 0 aromatic heterocycles. The molecule has 74 valence electrons. The monoisotopic (exact) mass is 180 g/mol. The topological polar surface area (TPSA) is 15.3 Å². The predicted molar refractivity (Wildman–Crippen MR) is 53.7 cm³/mol. The van der Waals surface area contributed by atoms with Gasteiger partial charge in [0.1, 0.15) is 0 Å². The van der Waals surface area contributed by atoms with Gasteiger partial charge in [0.15, 0.2) is 0 Å². The van der Waals surface area contributed by atoms with Crippen molar-refractivity contribution in [3.05, 3.63) is 0 Å². The largest absolute Gasteiger partial charge is 0.307 e. The van der Waals surface area contributed by atoms with Crippen molar-refractivity contribution in [3.8, 4) is 0 Å². The second kappa shape index (κ2) is 2.71. The van der Waals surface area contributed by atoms with Crippen molar-refractivity contribution in [2.45, 2.75) is 43.7 Å². The Hall–Kier alpha value is -0.0800. The van der Waals surface area contributed by atoms with E-state index in [1.165, 1.54) is 45.2 Å². The van der Waals surface area contributed by atoms with Crippen LogP contribution in [0.3, 0.4) is 0 Å². The Balaban J connectivity index is 1.57. The van der Waals surface area contributed by atoms with Crippen LogP contribution in [0.1, 0.15) is 32.1 Å². The summed E-state index contributed by atoms with van der Waals surface area (Å²) in [6.45, 7) is 2.56. The van der Waals surface area contributed by atoms with Gasteiger partial charge in [-0.15, -0.1) is 0 Å². The molecule has 4 rings (SSSR count). The lowest BCUT2D eigenvalue weighted by Gasteiger charge is -2.41. The number of likely N-dealkylation sites (tertiary alicyclic amines) is 1. The average molecular weight is 180 g/mol. The molecule has 2 heteroatoms. The Morgan fingerprint density at radius 3 is 2.69 bits per heavy atom. The molecular formula is C11H20N2. The minimum Gasteiger partial charge on any atom is -0.307 e. The number of fused-ring (bicyclic) bond motifs is 1. The fourth-order valence-corrected chi connectivity index (χ4v) is 3.61. The first-order valence-electron chi connectivity index (χ1n) is 5.72. The molecular weight excluding hydrogens is 160 g/mol. The summed E-state index contributed by atoms with van der Waals surface area (Å²) < 4.78 is 0. The van der Waals surface area contributed by atoms with E-state index in [9.17, 15) is 0 Å². The molecule has 3 aliphatic carbocycles. The SMILES string of the molecule is CN1CCC(NC23CCC(C2)C3)C1. The minimum atomic E-state index is 0.612. The van der Waals surface area contributed by atoms with Gasteiger partial charge in [0.2, 0.25) is 0 Å². The molecule has 3 saturated carbocycles. The van der Waals surface area contributed by atoms with Gasteiger partial charge in [0.25, 0.3) is 0 Å². The minimum absolute atomic E-state index is 0.612. The lowest BCUT2D eigenvalue weighted by atomic mass is 9.76. The van der Waals surface area contributed by atoms with Gasteiger partial charge in [-0.25, -0.2) is 0 Å². The zero-order chi connectivity index (χ0) is 8.89. The molecule has 1 atom stereocenters. The van der Waals surface area contributed by atoms with Crippen molar-refractivity contribution in [3.63, 3.8) is 0 Å². The van der Waals surface area contributed by atoms with Gasteiger partial charge in [0, 0.05) is 18.1 Å². The highest BCUT2D eigenvalue weighted by molar-refractivity contribution is 5.09. The third-order valence-electron chi connectivity index (χ3n) is 4.29. The zero-order valence-corrected chi connectivity index (χ0v) is 8.55. The molecule has 2 nitrogen and oxygen atoms in total. The van der Waals surface area contributed by atoms with Crippen molar-refractivity contribution in [1.82, 2.24) is 10.2 Å². The number of hydrogen-bond acceptors (Lipinski definition) is 2. The van der Waals surface area contributed by atoms with Crippen LogP contribution in [-0.4, -0.2) is 36.6 Å². The number of rotatable bonds is 2. The number of hydrogen-bond donors (Lipinski definition) is 1. The van der Waals surface area contributed by atoms with Gasteiger partial charge in [-0.3, -0.25) is 0 Å². The standard InChI is InChI=1S/C11H20N2/c1-13-5-3-10(8-13)12-11-4-2-9(6-11)7-11/h9-10,12H,2-8H2,1H3. The molecule has 0 aromatic carbocycles. The second-order valence-corrected chi connectivity index (χ2v) is 5.49. The smallest absolute Gasteiger partial charge is 0.0212 e. The van der Waals surface area contributed by atoms with E-state index >= 15 is 0 Å². The molecule has 1 saturated heterocycles. The van der Waals surface area contributed by atoms with Gasteiger partial charge in [-0.1, -0.05) is 0 Å². The maximum absolute atomic E-state index is 3.91. The summed E-state index contributed by atoms with van der Waals surface area (Å²) in [5.74, 6) is 1.09. The van der Waals surface area contributed by atoms with E-state index in [1.54, 1.807) is 0 Å². The summed E-state index contributed by atoms with van der Waals surface area (Å²) in [5.41, 5.74) is 0.612. The van der Waals surface area contributed by atoms with Crippen molar-refractivity contribution in [1.29, 1.82) is 0 Å². The van der Waals surface area contributed by atoms with E-state index in [4.69, 9.17) is 0 Å². The molecule has 0 amide bonds. The summed E-state index contributed by atoms with van der Waals surface area (Å²) in [5, 5.41) is 3.91. The Labute approximate surface area is 80.7 Å². The molecule has 1 unspecified atom stereocenters. The van der Waals surface area contributed by atoms with Crippen LogP contribution in [-0.2, 0) is 0 Å². The van der Waals surface area contributed by atoms with Crippen LogP contribution in [0.25, 0.3) is 0 Å². The fourth-order valence-electron chi connectivity index (χ4n) is 3.61. The number of nitrogens with zero attached hydrogens (tertiary/aromatic N) is 1. The predicted octanol–water partition coefficient (Wildman–Crippen LogP) is 1.22. The van der Waals surface area contributed by atoms with E-state index in [0.717, 1.165) is 12.0 Å². The van der Waals surface area contributed by atoms with Gasteiger partial charge < -0.3 is 10.2 Å². The lowest BCUT2D eigenvalue weighted by Crippen LogP contribution is -2.54. The third kappa shape index (κ3) is 1.31. The first-order valence-corrected chi connectivity index (χ1v) is 5.72.